The first kappa shape index (κ1) is 30.1. The topological polar surface area (TPSA) is 337 Å². The first-order valence-electron chi connectivity index (χ1n) is 10.8. The lowest BCUT2D eigenvalue weighted by Gasteiger charge is -2.41. The van der Waals surface area contributed by atoms with Gasteiger partial charge in [0.05, 0.1) is 19.5 Å². The van der Waals surface area contributed by atoms with Crippen LogP contribution in [0.1, 0.15) is 6.23 Å². The van der Waals surface area contributed by atoms with E-state index in [4.69, 9.17) is 20.3 Å². The van der Waals surface area contributed by atoms with Crippen LogP contribution < -0.4 is 21.1 Å². The minimum atomic E-state index is -5.91. The standard InChI is InChI=1S/C16H25N5O16P2/c17-16-19-12-6(13(28)20-16)18-3-21(12)14-10(26)8(24)5(34-14)2-33-38(29,30)37-39(31,32)36-15-11(27)9(25)7(23)4(1-22)35-15/h3-5,7-11,14-15,22-27H,1-2H2,(H,29,30)(H,31,32)(H3,17,19,20,28)/p-2/t4-,5+,7+,8+,9-,10+,11-,14?,15+/m0/s1. The Kier molecular flexibility index (Phi) is 8.60. The Morgan fingerprint density at radius 1 is 1.03 bits per heavy atom. The highest BCUT2D eigenvalue weighted by Gasteiger charge is 2.47. The monoisotopic (exact) mass is 603 g/mol. The molecule has 23 heteroatoms. The largest absolute Gasteiger partial charge is 0.756 e. The quantitative estimate of drug-likeness (QED) is 0.124. The van der Waals surface area contributed by atoms with Gasteiger partial charge in [0.15, 0.2) is 23.7 Å². The number of nitrogens with two attached hydrogens (primary N) is 1. The van der Waals surface area contributed by atoms with Gasteiger partial charge < -0.3 is 60.2 Å². The van der Waals surface area contributed by atoms with Crippen LogP contribution in [0.15, 0.2) is 11.1 Å². The summed E-state index contributed by atoms with van der Waals surface area (Å²) in [4.78, 5) is 46.1. The van der Waals surface area contributed by atoms with E-state index >= 15 is 0 Å². The lowest BCUT2D eigenvalue weighted by molar-refractivity contribution is -0.305. The van der Waals surface area contributed by atoms with Crippen molar-refractivity contribution in [1.29, 1.82) is 0 Å². The van der Waals surface area contributed by atoms with E-state index in [0.29, 0.717) is 0 Å². The summed E-state index contributed by atoms with van der Waals surface area (Å²) in [5, 5.41) is 59.1. The number of ether oxygens (including phenoxy) is 2. The van der Waals surface area contributed by atoms with Crippen LogP contribution in [-0.4, -0.2) is 112 Å². The Morgan fingerprint density at radius 2 is 1.69 bits per heavy atom. The molecule has 2 aliphatic heterocycles. The minimum Gasteiger partial charge on any atom is -0.756 e. The Labute approximate surface area is 216 Å². The van der Waals surface area contributed by atoms with E-state index in [2.05, 4.69) is 28.3 Å². The Bertz CT molecular complexity index is 1340. The first-order chi connectivity index (χ1) is 18.1. The Hall–Kier alpha value is -1.91. The number of phosphoric acid groups is 2. The van der Waals surface area contributed by atoms with Gasteiger partial charge in [-0.15, -0.1) is 0 Å². The molecule has 4 rings (SSSR count). The molecule has 39 heavy (non-hydrogen) atoms. The number of nitrogen functional groups attached to an aromatic ring is 1. The van der Waals surface area contributed by atoms with Crippen molar-refractivity contribution in [2.24, 2.45) is 0 Å². The van der Waals surface area contributed by atoms with Crippen molar-refractivity contribution in [3.05, 3.63) is 16.7 Å². The van der Waals surface area contributed by atoms with Gasteiger partial charge in [0, 0.05) is 0 Å². The maximum absolute atomic E-state index is 12.1. The van der Waals surface area contributed by atoms with Crippen molar-refractivity contribution in [1.82, 2.24) is 19.5 Å². The first-order valence-corrected chi connectivity index (χ1v) is 13.8. The number of H-pyrrole nitrogens is 1. The van der Waals surface area contributed by atoms with Crippen molar-refractivity contribution in [2.45, 2.75) is 55.2 Å². The number of phosphoric ester groups is 2. The molecule has 11 atom stereocenters. The van der Waals surface area contributed by atoms with Crippen LogP contribution in [0.2, 0.25) is 0 Å². The number of aliphatic hydroxyl groups is 6. The highest BCUT2D eigenvalue weighted by molar-refractivity contribution is 7.59. The third kappa shape index (κ3) is 6.22. The summed E-state index contributed by atoms with van der Waals surface area (Å²) in [6, 6.07) is 0. The predicted octanol–water partition coefficient (Wildman–Crippen LogP) is -5.89. The maximum atomic E-state index is 12.1. The number of aliphatic hydroxyl groups excluding tert-OH is 6. The van der Waals surface area contributed by atoms with Crippen molar-refractivity contribution in [3.8, 4) is 0 Å². The molecule has 2 fully saturated rings. The van der Waals surface area contributed by atoms with Crippen molar-refractivity contribution in [2.75, 3.05) is 18.9 Å². The number of nitrogens with one attached hydrogen (secondary N) is 1. The molecule has 0 spiro atoms. The third-order valence-corrected chi connectivity index (χ3v) is 8.27. The van der Waals surface area contributed by atoms with E-state index in [9.17, 15) is 49.2 Å². The lowest BCUT2D eigenvalue weighted by atomic mass is 10.00. The van der Waals surface area contributed by atoms with Gasteiger partial charge in [-0.25, -0.2) is 9.29 Å². The second-order valence-corrected chi connectivity index (χ2v) is 11.3. The van der Waals surface area contributed by atoms with E-state index < -0.39 is 89.7 Å². The van der Waals surface area contributed by atoms with Crippen LogP contribution in [0, 0.1) is 0 Å². The number of nitrogens with zero attached hydrogens (tertiary/aromatic N) is 3. The van der Waals surface area contributed by atoms with E-state index in [-0.39, 0.29) is 17.1 Å². The summed E-state index contributed by atoms with van der Waals surface area (Å²) in [6.07, 6.45) is -15.5. The SMILES string of the molecule is Nc1nc2c(ncn2C2O[C@H](COP(=O)([O-])OP(=O)([O-])O[C@H]3O[C@@H](CO)[C@@H](O)[C@H](O)[C@@H]3O)[C@@H](O)[C@H]2O)c(=O)[nH]1. The Balaban J connectivity index is 1.39. The molecule has 9 N–H and O–H groups in total. The average molecular weight is 603 g/mol. The molecule has 0 saturated carbocycles. The molecule has 2 aromatic rings. The highest BCUT2D eigenvalue weighted by atomic mass is 31.3. The van der Waals surface area contributed by atoms with E-state index in [1.807, 2.05) is 0 Å². The van der Waals surface area contributed by atoms with E-state index in [1.54, 1.807) is 0 Å². The predicted molar refractivity (Wildman–Crippen MR) is 116 cm³/mol. The number of aromatic amines is 1. The van der Waals surface area contributed by atoms with Crippen molar-refractivity contribution in [3.63, 3.8) is 0 Å². The number of hydrogen-bond acceptors (Lipinski definition) is 19. The summed E-state index contributed by atoms with van der Waals surface area (Å²) in [7, 11) is -11.7. The van der Waals surface area contributed by atoms with Gasteiger partial charge in [-0.1, -0.05) is 0 Å². The second kappa shape index (κ2) is 11.2. The van der Waals surface area contributed by atoms with Crippen molar-refractivity contribution < 1.29 is 72.4 Å². The normalized spacial score (nSPS) is 36.6. The zero-order valence-electron chi connectivity index (χ0n) is 19.3. The van der Waals surface area contributed by atoms with Crippen LogP contribution in [0.4, 0.5) is 5.95 Å². The molecule has 2 aromatic heterocycles. The van der Waals surface area contributed by atoms with Gasteiger partial charge >= 0.3 is 0 Å². The number of anilines is 1. The molecule has 0 aliphatic carbocycles. The fraction of sp³-hybridized carbons (Fsp3) is 0.688. The van der Waals surface area contributed by atoms with Gasteiger partial charge in [-0.05, 0) is 0 Å². The second-order valence-electron chi connectivity index (χ2n) is 8.40. The molecule has 2 aliphatic rings. The molecule has 0 aromatic carbocycles. The number of hydrogen-bond donors (Lipinski definition) is 8. The maximum Gasteiger partial charge on any atom is 0.280 e. The zero-order chi connectivity index (χ0) is 28.9. The van der Waals surface area contributed by atoms with Gasteiger partial charge in [0.1, 0.15) is 42.7 Å². The van der Waals surface area contributed by atoms with Crippen LogP contribution >= 0.6 is 15.6 Å². The van der Waals surface area contributed by atoms with Crippen LogP contribution in [0.3, 0.4) is 0 Å². The van der Waals surface area contributed by atoms with Crippen LogP contribution in [0.25, 0.3) is 11.2 Å². The van der Waals surface area contributed by atoms with Crippen LogP contribution in [-0.2, 0) is 32.0 Å². The lowest BCUT2D eigenvalue weighted by Crippen LogP contribution is -2.59. The molecule has 2 saturated heterocycles. The highest BCUT2D eigenvalue weighted by Crippen LogP contribution is 2.57. The summed E-state index contributed by atoms with van der Waals surface area (Å²) in [5.74, 6) is -0.292. The molecule has 0 bridgehead atoms. The minimum absolute atomic E-state index is 0.135. The van der Waals surface area contributed by atoms with Gasteiger partial charge in [0.2, 0.25) is 5.95 Å². The van der Waals surface area contributed by atoms with Gasteiger partial charge in [0.25, 0.3) is 21.2 Å². The average Bonchev–Trinajstić information content (AvgIpc) is 3.38. The number of imidazole rings is 1. The van der Waals surface area contributed by atoms with Gasteiger partial charge in [-0.2, -0.15) is 4.98 Å². The molecule has 21 nitrogen and oxygen atoms in total. The molecule has 220 valence electrons. The fourth-order valence-electron chi connectivity index (χ4n) is 3.84. The summed E-state index contributed by atoms with van der Waals surface area (Å²) in [5.41, 5.74) is 4.48. The molecule has 3 unspecified atom stereocenters. The molecule has 4 heterocycles. The third-order valence-electron chi connectivity index (χ3n) is 5.74. The smallest absolute Gasteiger partial charge is 0.280 e. The van der Waals surface area contributed by atoms with Crippen molar-refractivity contribution >= 4 is 32.8 Å². The van der Waals surface area contributed by atoms with E-state index in [0.717, 1.165) is 10.9 Å². The molecule has 0 amide bonds. The number of rotatable bonds is 9. The number of fused-ring (bicyclic) bond motifs is 1. The zero-order valence-corrected chi connectivity index (χ0v) is 21.1. The number of aromatic nitrogens is 4. The summed E-state index contributed by atoms with van der Waals surface area (Å²) >= 11 is 0. The molecular formula is C16H23N5O16P2-2. The molecular weight excluding hydrogens is 580 g/mol. The van der Waals surface area contributed by atoms with Crippen LogP contribution in [0.5, 0.6) is 0 Å². The summed E-state index contributed by atoms with van der Waals surface area (Å²) in [6.45, 7) is -2.01. The fourth-order valence-corrected chi connectivity index (χ4v) is 5.92. The Morgan fingerprint density at radius 3 is 2.36 bits per heavy atom. The summed E-state index contributed by atoms with van der Waals surface area (Å²) < 4.78 is 48.1. The van der Waals surface area contributed by atoms with E-state index in [1.165, 1.54) is 0 Å². The van der Waals surface area contributed by atoms with Gasteiger partial charge in [-0.3, -0.25) is 28.0 Å². The molecule has 0 radical (unpaired) electrons.